The Morgan fingerprint density at radius 1 is 1.12 bits per heavy atom. The fourth-order valence-electron chi connectivity index (χ4n) is 3.33. The van der Waals surface area contributed by atoms with Gasteiger partial charge in [0, 0.05) is 28.9 Å². The minimum atomic E-state index is 0.144. The van der Waals surface area contributed by atoms with Crippen molar-refractivity contribution >= 4 is 60.3 Å². The van der Waals surface area contributed by atoms with E-state index in [4.69, 9.17) is 9.72 Å². The largest absolute Gasteiger partial charge is 0.497 e. The van der Waals surface area contributed by atoms with Gasteiger partial charge in [0.1, 0.15) is 5.75 Å². The van der Waals surface area contributed by atoms with Crippen LogP contribution in [0.15, 0.2) is 51.8 Å². The fraction of sp³-hybridized carbons (Fsp3) is 0.417. The molecule has 0 radical (unpaired) electrons. The highest BCUT2D eigenvalue weighted by Crippen LogP contribution is 2.31. The number of thioether (sulfide) groups is 1. The number of hydrogen-bond acceptors (Lipinski definition) is 6. The van der Waals surface area contributed by atoms with Crippen LogP contribution >= 0.6 is 39.0 Å². The Balaban J connectivity index is 1.63. The third-order valence-electron chi connectivity index (χ3n) is 5.27. The van der Waals surface area contributed by atoms with Gasteiger partial charge in [0.25, 0.3) is 0 Å². The Kier molecular flexibility index (Phi) is 9.84. The number of halogens is 1. The number of carbonyl (C=O) groups is 1. The Morgan fingerprint density at radius 3 is 2.56 bits per heavy atom. The van der Waals surface area contributed by atoms with Crippen molar-refractivity contribution in [2.75, 3.05) is 43.9 Å². The Hall–Kier alpha value is -1.61. The SMILES string of the molecule is CCN(CC)CCN(C(=O)CCCSc1ccc(OC)cc1)c1nc2ccc(Br)cc2s1. The molecule has 1 heterocycles. The second kappa shape index (κ2) is 12.6. The van der Waals surface area contributed by atoms with E-state index >= 15 is 0 Å². The van der Waals surface area contributed by atoms with Crippen LogP contribution in [-0.4, -0.2) is 54.8 Å². The number of likely N-dealkylation sites (N-methyl/N-ethyl adjacent to an activating group) is 1. The van der Waals surface area contributed by atoms with Gasteiger partial charge in [-0.25, -0.2) is 4.98 Å². The Morgan fingerprint density at radius 2 is 1.88 bits per heavy atom. The van der Waals surface area contributed by atoms with E-state index in [0.717, 1.165) is 57.4 Å². The number of methoxy groups -OCH3 is 1. The van der Waals surface area contributed by atoms with Crippen LogP contribution in [0.25, 0.3) is 10.2 Å². The summed E-state index contributed by atoms with van der Waals surface area (Å²) in [6.45, 7) is 7.77. The maximum atomic E-state index is 13.2. The minimum Gasteiger partial charge on any atom is -0.497 e. The number of aromatic nitrogens is 1. The zero-order valence-electron chi connectivity index (χ0n) is 18.8. The molecule has 0 aliphatic carbocycles. The number of hydrogen-bond donors (Lipinski definition) is 0. The van der Waals surface area contributed by atoms with Crippen LogP contribution in [0.5, 0.6) is 5.75 Å². The summed E-state index contributed by atoms with van der Waals surface area (Å²) in [5.41, 5.74) is 0.934. The highest BCUT2D eigenvalue weighted by atomic mass is 79.9. The number of carbonyl (C=O) groups excluding carboxylic acids is 1. The maximum absolute atomic E-state index is 13.2. The molecule has 0 saturated carbocycles. The van der Waals surface area contributed by atoms with E-state index < -0.39 is 0 Å². The van der Waals surface area contributed by atoms with E-state index in [-0.39, 0.29) is 5.91 Å². The number of rotatable bonds is 12. The molecule has 0 N–H and O–H groups in total. The van der Waals surface area contributed by atoms with E-state index in [1.807, 2.05) is 29.2 Å². The summed E-state index contributed by atoms with van der Waals surface area (Å²) < 4.78 is 7.32. The molecule has 0 atom stereocenters. The Labute approximate surface area is 207 Å². The standard InChI is InChI=1S/C24H30BrN3O2S2/c1-4-27(5-2)14-15-28(24-26-21-13-8-18(25)17-22(21)32-24)23(29)7-6-16-31-20-11-9-19(30-3)10-12-20/h8-13,17H,4-7,14-16H2,1-3H3. The van der Waals surface area contributed by atoms with Crippen LogP contribution in [-0.2, 0) is 4.79 Å². The number of thiazole rings is 1. The summed E-state index contributed by atoms with van der Waals surface area (Å²) >= 11 is 6.88. The second-order valence-electron chi connectivity index (χ2n) is 7.31. The van der Waals surface area contributed by atoms with E-state index in [2.05, 4.69) is 52.9 Å². The lowest BCUT2D eigenvalue weighted by Crippen LogP contribution is -2.38. The van der Waals surface area contributed by atoms with Crippen LogP contribution < -0.4 is 9.64 Å². The predicted molar refractivity (Wildman–Crippen MR) is 140 cm³/mol. The summed E-state index contributed by atoms with van der Waals surface area (Å²) in [6, 6.07) is 14.1. The van der Waals surface area contributed by atoms with Gasteiger partial charge >= 0.3 is 0 Å². The number of nitrogens with zero attached hydrogens (tertiary/aromatic N) is 3. The first-order valence-electron chi connectivity index (χ1n) is 10.9. The zero-order valence-corrected chi connectivity index (χ0v) is 22.1. The van der Waals surface area contributed by atoms with Gasteiger partial charge in [-0.05, 0) is 67.7 Å². The van der Waals surface area contributed by atoms with E-state index in [9.17, 15) is 4.79 Å². The van der Waals surface area contributed by atoms with E-state index in [1.165, 1.54) is 4.90 Å². The molecule has 32 heavy (non-hydrogen) atoms. The molecule has 3 aromatic rings. The number of ether oxygens (including phenoxy) is 1. The number of benzene rings is 2. The normalized spacial score (nSPS) is 11.3. The molecule has 1 amide bonds. The summed E-state index contributed by atoms with van der Waals surface area (Å²) in [7, 11) is 1.67. The summed E-state index contributed by atoms with van der Waals surface area (Å²) in [6.07, 6.45) is 1.34. The molecule has 0 bridgehead atoms. The van der Waals surface area contributed by atoms with Crippen LogP contribution in [0.4, 0.5) is 5.13 Å². The van der Waals surface area contributed by atoms with Crippen LogP contribution in [0, 0.1) is 0 Å². The van der Waals surface area contributed by atoms with E-state index in [0.29, 0.717) is 13.0 Å². The average Bonchev–Trinajstić information content (AvgIpc) is 3.22. The summed E-state index contributed by atoms with van der Waals surface area (Å²) in [5, 5.41) is 0.790. The third kappa shape index (κ3) is 6.94. The molecule has 3 rings (SSSR count). The lowest BCUT2D eigenvalue weighted by atomic mass is 10.3. The lowest BCUT2D eigenvalue weighted by Gasteiger charge is -2.24. The van der Waals surface area contributed by atoms with Gasteiger partial charge in [-0.1, -0.05) is 41.1 Å². The highest BCUT2D eigenvalue weighted by Gasteiger charge is 2.20. The molecule has 8 heteroatoms. The fourth-order valence-corrected chi connectivity index (χ4v) is 5.74. The first-order chi connectivity index (χ1) is 15.5. The van der Waals surface area contributed by atoms with Gasteiger partial charge < -0.3 is 9.64 Å². The molecule has 0 fully saturated rings. The Bertz CT molecular complexity index is 1010. The van der Waals surface area contributed by atoms with Crippen molar-refractivity contribution in [3.05, 3.63) is 46.9 Å². The molecule has 0 aliphatic rings. The van der Waals surface area contributed by atoms with Crippen molar-refractivity contribution in [1.29, 1.82) is 0 Å². The minimum absolute atomic E-state index is 0.144. The van der Waals surface area contributed by atoms with Crippen LogP contribution in [0.1, 0.15) is 26.7 Å². The molecule has 172 valence electrons. The van der Waals surface area contributed by atoms with E-state index in [1.54, 1.807) is 30.2 Å². The zero-order chi connectivity index (χ0) is 22.9. The van der Waals surface area contributed by atoms with Gasteiger partial charge in [0.15, 0.2) is 5.13 Å². The average molecular weight is 537 g/mol. The van der Waals surface area contributed by atoms with Gasteiger partial charge in [-0.2, -0.15) is 0 Å². The molecule has 1 aromatic heterocycles. The van der Waals surface area contributed by atoms with Gasteiger partial charge in [0.05, 0.1) is 17.3 Å². The molecule has 2 aromatic carbocycles. The number of amides is 1. The van der Waals surface area contributed by atoms with Crippen molar-refractivity contribution < 1.29 is 9.53 Å². The summed E-state index contributed by atoms with van der Waals surface area (Å²) in [4.78, 5) is 23.4. The molecule has 0 aliphatic heterocycles. The second-order valence-corrected chi connectivity index (χ2v) is 10.4. The molecule has 0 saturated heterocycles. The van der Waals surface area contributed by atoms with Crippen LogP contribution in [0.2, 0.25) is 0 Å². The third-order valence-corrected chi connectivity index (χ3v) is 7.90. The van der Waals surface area contributed by atoms with Crippen molar-refractivity contribution in [2.45, 2.75) is 31.6 Å². The monoisotopic (exact) mass is 535 g/mol. The molecule has 0 spiro atoms. The molecular formula is C24H30BrN3O2S2. The molecular weight excluding hydrogens is 506 g/mol. The molecule has 0 unspecified atom stereocenters. The van der Waals surface area contributed by atoms with Gasteiger partial charge in [-0.3, -0.25) is 9.69 Å². The summed E-state index contributed by atoms with van der Waals surface area (Å²) in [5.74, 6) is 1.90. The highest BCUT2D eigenvalue weighted by molar-refractivity contribution is 9.10. The first-order valence-corrected chi connectivity index (χ1v) is 13.5. The van der Waals surface area contributed by atoms with Crippen molar-refractivity contribution in [3.63, 3.8) is 0 Å². The van der Waals surface area contributed by atoms with Crippen molar-refractivity contribution in [2.24, 2.45) is 0 Å². The molecule has 5 nitrogen and oxygen atoms in total. The smallest absolute Gasteiger partial charge is 0.228 e. The van der Waals surface area contributed by atoms with Gasteiger partial charge in [-0.15, -0.1) is 11.8 Å². The maximum Gasteiger partial charge on any atom is 0.228 e. The number of anilines is 1. The predicted octanol–water partition coefficient (Wildman–Crippen LogP) is 6.31. The van der Waals surface area contributed by atoms with Gasteiger partial charge in [0.2, 0.25) is 5.91 Å². The first kappa shape index (κ1) is 25.0. The quantitative estimate of drug-likeness (QED) is 0.200. The van der Waals surface area contributed by atoms with Crippen molar-refractivity contribution in [3.8, 4) is 5.75 Å². The topological polar surface area (TPSA) is 45.7 Å². The van der Waals surface area contributed by atoms with Crippen LogP contribution in [0.3, 0.4) is 0 Å². The number of fused-ring (bicyclic) bond motifs is 1. The van der Waals surface area contributed by atoms with Crippen molar-refractivity contribution in [1.82, 2.24) is 9.88 Å². The lowest BCUT2D eigenvalue weighted by molar-refractivity contribution is -0.118.